The van der Waals surface area contributed by atoms with Gasteiger partial charge in [-0.3, -0.25) is 0 Å². The van der Waals surface area contributed by atoms with E-state index in [1.165, 1.54) is 37.8 Å². The predicted octanol–water partition coefficient (Wildman–Crippen LogP) is 2.42. The van der Waals surface area contributed by atoms with E-state index in [2.05, 4.69) is 15.5 Å². The van der Waals surface area contributed by atoms with Crippen LogP contribution in [0.5, 0.6) is 0 Å². The fourth-order valence-corrected chi connectivity index (χ4v) is 2.95. The molecule has 6 heteroatoms. The van der Waals surface area contributed by atoms with Gasteiger partial charge in [0.15, 0.2) is 5.82 Å². The third kappa shape index (κ3) is 1.95. The van der Waals surface area contributed by atoms with Gasteiger partial charge in [-0.05, 0) is 66.1 Å². The van der Waals surface area contributed by atoms with Crippen LogP contribution in [0.3, 0.4) is 0 Å². The molecule has 2 fully saturated rings. The van der Waals surface area contributed by atoms with Gasteiger partial charge in [0.05, 0.1) is 6.04 Å². The third-order valence-corrected chi connectivity index (χ3v) is 4.24. The number of rotatable bonds is 4. The Morgan fingerprint density at radius 2 is 1.90 bits per heavy atom. The highest BCUT2D eigenvalue weighted by Crippen LogP contribution is 2.52. The zero-order chi connectivity index (χ0) is 13.7. The number of benzene rings is 1. The average Bonchev–Trinajstić information content (AvgIpc) is 3.34. The summed E-state index contributed by atoms with van der Waals surface area (Å²) in [6, 6.07) is 4.68. The van der Waals surface area contributed by atoms with Crippen molar-refractivity contribution >= 4 is 5.69 Å². The van der Waals surface area contributed by atoms with Crippen molar-refractivity contribution in [3.05, 3.63) is 24.0 Å². The second-order valence-corrected chi connectivity index (χ2v) is 5.84. The fourth-order valence-electron chi connectivity index (χ4n) is 2.95. The summed E-state index contributed by atoms with van der Waals surface area (Å²) in [4.78, 5) is 0. The smallest absolute Gasteiger partial charge is 0.184 e. The van der Waals surface area contributed by atoms with Gasteiger partial charge in [-0.25, -0.2) is 9.07 Å². The molecule has 0 spiro atoms. The highest BCUT2D eigenvalue weighted by atomic mass is 19.1. The number of aromatic nitrogens is 4. The van der Waals surface area contributed by atoms with Crippen molar-refractivity contribution in [1.29, 1.82) is 0 Å². The van der Waals surface area contributed by atoms with Gasteiger partial charge in [-0.2, -0.15) is 0 Å². The van der Waals surface area contributed by atoms with Crippen LogP contribution in [0.25, 0.3) is 11.4 Å². The highest BCUT2D eigenvalue weighted by Gasteiger charge is 2.44. The zero-order valence-corrected chi connectivity index (χ0v) is 11.0. The van der Waals surface area contributed by atoms with Gasteiger partial charge < -0.3 is 5.73 Å². The van der Waals surface area contributed by atoms with Crippen LogP contribution in [0.2, 0.25) is 0 Å². The molecule has 1 aromatic heterocycles. The van der Waals surface area contributed by atoms with Gasteiger partial charge in [0, 0.05) is 11.3 Å². The van der Waals surface area contributed by atoms with Crippen LogP contribution in [0, 0.1) is 17.7 Å². The molecule has 2 aliphatic carbocycles. The molecule has 1 aromatic carbocycles. The summed E-state index contributed by atoms with van der Waals surface area (Å²) in [5.74, 6) is 1.60. The normalized spacial score (nSPS) is 18.7. The van der Waals surface area contributed by atoms with Gasteiger partial charge in [0.25, 0.3) is 0 Å². The van der Waals surface area contributed by atoms with Gasteiger partial charge in [0.2, 0.25) is 0 Å². The molecule has 20 heavy (non-hydrogen) atoms. The van der Waals surface area contributed by atoms with E-state index in [0.717, 1.165) is 0 Å². The number of hydrogen-bond donors (Lipinski definition) is 1. The molecule has 0 atom stereocenters. The first kappa shape index (κ1) is 11.8. The van der Waals surface area contributed by atoms with Crippen LogP contribution >= 0.6 is 0 Å². The lowest BCUT2D eigenvalue weighted by molar-refractivity contribution is 0.357. The van der Waals surface area contributed by atoms with Crippen molar-refractivity contribution in [2.75, 3.05) is 5.73 Å². The van der Waals surface area contributed by atoms with Crippen LogP contribution in [-0.2, 0) is 0 Å². The number of halogens is 1. The molecule has 2 aliphatic rings. The fraction of sp³-hybridized carbons (Fsp3) is 0.500. The maximum absolute atomic E-state index is 13.5. The minimum absolute atomic E-state index is 0.321. The first-order valence-electron chi connectivity index (χ1n) is 7.07. The molecule has 0 aliphatic heterocycles. The summed E-state index contributed by atoms with van der Waals surface area (Å²) >= 11 is 0. The first-order chi connectivity index (χ1) is 9.74. The molecule has 0 amide bonds. The zero-order valence-electron chi connectivity index (χ0n) is 11.0. The van der Waals surface area contributed by atoms with Crippen LogP contribution in [0.1, 0.15) is 31.7 Å². The Bertz CT molecular complexity index is 633. The minimum Gasteiger partial charge on any atom is -0.398 e. The topological polar surface area (TPSA) is 69.6 Å². The number of nitrogens with two attached hydrogens (primary N) is 1. The van der Waals surface area contributed by atoms with Crippen molar-refractivity contribution in [2.45, 2.75) is 31.7 Å². The molecule has 0 saturated heterocycles. The summed E-state index contributed by atoms with van der Waals surface area (Å²) in [7, 11) is 0. The largest absolute Gasteiger partial charge is 0.398 e. The average molecular weight is 273 g/mol. The Balaban J connectivity index is 1.79. The Morgan fingerprint density at radius 1 is 1.20 bits per heavy atom. The first-order valence-corrected chi connectivity index (χ1v) is 7.07. The van der Waals surface area contributed by atoms with Crippen molar-refractivity contribution in [3.63, 3.8) is 0 Å². The number of anilines is 1. The van der Waals surface area contributed by atoms with E-state index in [1.807, 2.05) is 4.68 Å². The number of tetrazole rings is 1. The number of nitrogens with zero attached hydrogens (tertiary/aromatic N) is 4. The van der Waals surface area contributed by atoms with Crippen molar-refractivity contribution in [2.24, 2.45) is 11.8 Å². The third-order valence-electron chi connectivity index (χ3n) is 4.24. The maximum Gasteiger partial charge on any atom is 0.184 e. The molecular formula is C14H16FN5. The summed E-state index contributed by atoms with van der Waals surface area (Å²) in [6.45, 7) is 0. The SMILES string of the molecule is Nc1ccc(F)cc1-c1nnnn1C(C1CC1)C1CC1. The van der Waals surface area contributed by atoms with E-state index in [0.29, 0.717) is 35.0 Å². The minimum atomic E-state index is -0.321. The van der Waals surface area contributed by atoms with E-state index < -0.39 is 0 Å². The molecule has 0 bridgehead atoms. The summed E-state index contributed by atoms with van der Waals surface area (Å²) in [5, 5.41) is 12.0. The maximum atomic E-state index is 13.5. The van der Waals surface area contributed by atoms with E-state index in [1.54, 1.807) is 6.07 Å². The Morgan fingerprint density at radius 3 is 2.55 bits per heavy atom. The van der Waals surface area contributed by atoms with Gasteiger partial charge >= 0.3 is 0 Å². The van der Waals surface area contributed by atoms with Crippen molar-refractivity contribution < 1.29 is 4.39 Å². The predicted molar refractivity (Wildman–Crippen MR) is 72.1 cm³/mol. The lowest BCUT2D eigenvalue weighted by Gasteiger charge is -2.17. The molecule has 2 saturated carbocycles. The van der Waals surface area contributed by atoms with Crippen LogP contribution < -0.4 is 5.73 Å². The van der Waals surface area contributed by atoms with E-state index >= 15 is 0 Å². The molecule has 1 heterocycles. The van der Waals surface area contributed by atoms with Gasteiger partial charge in [0.1, 0.15) is 5.82 Å². The Hall–Kier alpha value is -1.98. The Labute approximate surface area is 116 Å². The quantitative estimate of drug-likeness (QED) is 0.868. The Kier molecular flexibility index (Phi) is 2.52. The number of nitrogen functional groups attached to an aromatic ring is 1. The molecule has 2 aromatic rings. The standard InChI is InChI=1S/C14H16FN5/c15-10-5-6-12(16)11(7-10)14-17-18-19-20(14)13(8-1-2-8)9-3-4-9/h5-9,13H,1-4,16H2. The van der Waals surface area contributed by atoms with Gasteiger partial charge in [-0.1, -0.05) is 0 Å². The monoisotopic (exact) mass is 273 g/mol. The van der Waals surface area contributed by atoms with Gasteiger partial charge in [-0.15, -0.1) is 5.10 Å². The number of hydrogen-bond acceptors (Lipinski definition) is 4. The summed E-state index contributed by atoms with van der Waals surface area (Å²) in [6.07, 6.45) is 4.94. The van der Waals surface area contributed by atoms with E-state index in [9.17, 15) is 4.39 Å². The lowest BCUT2D eigenvalue weighted by Crippen LogP contribution is -2.17. The highest BCUT2D eigenvalue weighted by molar-refractivity contribution is 5.71. The van der Waals surface area contributed by atoms with E-state index in [-0.39, 0.29) is 5.82 Å². The van der Waals surface area contributed by atoms with Crippen LogP contribution in [0.15, 0.2) is 18.2 Å². The molecule has 2 N–H and O–H groups in total. The summed E-state index contributed by atoms with van der Waals surface area (Å²) < 4.78 is 15.4. The molecule has 0 unspecified atom stereocenters. The summed E-state index contributed by atoms with van der Waals surface area (Å²) in [5.41, 5.74) is 7.05. The second-order valence-electron chi connectivity index (χ2n) is 5.84. The van der Waals surface area contributed by atoms with Crippen LogP contribution in [0.4, 0.5) is 10.1 Å². The van der Waals surface area contributed by atoms with Crippen LogP contribution in [-0.4, -0.2) is 20.2 Å². The molecular weight excluding hydrogens is 257 g/mol. The molecule has 5 nitrogen and oxygen atoms in total. The van der Waals surface area contributed by atoms with Crippen molar-refractivity contribution in [1.82, 2.24) is 20.2 Å². The molecule has 104 valence electrons. The van der Waals surface area contributed by atoms with E-state index in [4.69, 9.17) is 5.73 Å². The van der Waals surface area contributed by atoms with Crippen molar-refractivity contribution in [3.8, 4) is 11.4 Å². The lowest BCUT2D eigenvalue weighted by atomic mass is 10.1. The second kappa shape index (κ2) is 4.26. The molecule has 4 rings (SSSR count). The molecule has 0 radical (unpaired) electrons.